The van der Waals surface area contributed by atoms with E-state index in [4.69, 9.17) is 0 Å². The van der Waals surface area contributed by atoms with Gasteiger partial charge in [-0.2, -0.15) is 0 Å². The molecular weight excluding hydrogens is 250 g/mol. The topological polar surface area (TPSA) is 45.2 Å². The van der Waals surface area contributed by atoms with Crippen LogP contribution in [0.2, 0.25) is 0 Å². The fourth-order valence-corrected chi connectivity index (χ4v) is 2.92. The summed E-state index contributed by atoms with van der Waals surface area (Å²) in [5, 5.41) is 3.36. The van der Waals surface area contributed by atoms with Gasteiger partial charge in [0.25, 0.3) is 0 Å². The molecule has 2 fully saturated rings. The SMILES string of the molecule is O=C(CC1CCNCC1)N(Cc1ccccn1)C1CC1. The van der Waals surface area contributed by atoms with E-state index in [1.54, 1.807) is 6.20 Å². The van der Waals surface area contributed by atoms with E-state index in [1.165, 1.54) is 0 Å². The monoisotopic (exact) mass is 273 g/mol. The Kier molecular flexibility index (Phi) is 4.31. The van der Waals surface area contributed by atoms with Crippen LogP contribution in [0.1, 0.15) is 37.8 Å². The van der Waals surface area contributed by atoms with Crippen LogP contribution >= 0.6 is 0 Å². The fourth-order valence-electron chi connectivity index (χ4n) is 2.92. The Morgan fingerprint density at radius 3 is 2.70 bits per heavy atom. The molecule has 1 saturated heterocycles. The Morgan fingerprint density at radius 1 is 1.25 bits per heavy atom. The molecule has 4 heteroatoms. The van der Waals surface area contributed by atoms with Crippen LogP contribution in [-0.4, -0.2) is 34.9 Å². The molecule has 1 aromatic heterocycles. The number of amides is 1. The van der Waals surface area contributed by atoms with Gasteiger partial charge in [-0.3, -0.25) is 9.78 Å². The summed E-state index contributed by atoms with van der Waals surface area (Å²) < 4.78 is 0. The minimum atomic E-state index is 0.324. The van der Waals surface area contributed by atoms with Gasteiger partial charge >= 0.3 is 0 Å². The van der Waals surface area contributed by atoms with E-state index >= 15 is 0 Å². The molecule has 2 heterocycles. The van der Waals surface area contributed by atoms with Crippen molar-refractivity contribution in [2.45, 2.75) is 44.7 Å². The lowest BCUT2D eigenvalue weighted by molar-refractivity contribution is -0.133. The molecule has 0 spiro atoms. The van der Waals surface area contributed by atoms with Gasteiger partial charge in [-0.25, -0.2) is 0 Å². The average Bonchev–Trinajstić information content (AvgIpc) is 3.31. The van der Waals surface area contributed by atoms with Crippen LogP contribution in [0.25, 0.3) is 0 Å². The predicted molar refractivity (Wildman–Crippen MR) is 78.0 cm³/mol. The van der Waals surface area contributed by atoms with E-state index in [0.717, 1.165) is 44.5 Å². The first kappa shape index (κ1) is 13.6. The predicted octanol–water partition coefficient (Wildman–Crippen LogP) is 1.96. The fraction of sp³-hybridized carbons (Fsp3) is 0.625. The summed E-state index contributed by atoms with van der Waals surface area (Å²) in [4.78, 5) is 19.0. The number of hydrogen-bond donors (Lipinski definition) is 1. The zero-order valence-corrected chi connectivity index (χ0v) is 11.9. The molecule has 0 atom stereocenters. The normalized spacial score (nSPS) is 19.8. The van der Waals surface area contributed by atoms with Crippen molar-refractivity contribution in [2.75, 3.05) is 13.1 Å². The average molecular weight is 273 g/mol. The van der Waals surface area contributed by atoms with Crippen LogP contribution in [-0.2, 0) is 11.3 Å². The van der Waals surface area contributed by atoms with Crippen molar-refractivity contribution < 1.29 is 4.79 Å². The summed E-state index contributed by atoms with van der Waals surface area (Å²) in [6.45, 7) is 2.79. The summed E-state index contributed by atoms with van der Waals surface area (Å²) in [7, 11) is 0. The molecule has 2 aliphatic rings. The highest BCUT2D eigenvalue weighted by atomic mass is 16.2. The van der Waals surface area contributed by atoms with Crippen molar-refractivity contribution in [3.05, 3.63) is 30.1 Å². The molecule has 1 amide bonds. The second kappa shape index (κ2) is 6.35. The molecule has 108 valence electrons. The first-order valence-electron chi connectivity index (χ1n) is 7.73. The van der Waals surface area contributed by atoms with Crippen LogP contribution in [0.15, 0.2) is 24.4 Å². The Balaban J connectivity index is 1.59. The summed E-state index contributed by atoms with van der Waals surface area (Å²) in [5.74, 6) is 0.888. The largest absolute Gasteiger partial charge is 0.334 e. The highest BCUT2D eigenvalue weighted by Crippen LogP contribution is 2.30. The van der Waals surface area contributed by atoms with Crippen LogP contribution in [0.4, 0.5) is 0 Å². The minimum Gasteiger partial charge on any atom is -0.334 e. The molecular formula is C16H23N3O. The molecule has 4 nitrogen and oxygen atoms in total. The molecule has 1 aliphatic heterocycles. The molecule has 0 aromatic carbocycles. The van der Waals surface area contributed by atoms with E-state index in [1.807, 2.05) is 18.2 Å². The number of rotatable bonds is 5. The number of carbonyl (C=O) groups is 1. The van der Waals surface area contributed by atoms with Crippen molar-refractivity contribution >= 4 is 5.91 Å². The molecule has 1 aromatic rings. The van der Waals surface area contributed by atoms with Gasteiger partial charge in [-0.05, 0) is 56.8 Å². The standard InChI is InChI=1S/C16H23N3O/c20-16(11-13-6-9-17-10-7-13)19(15-4-5-15)12-14-3-1-2-8-18-14/h1-3,8,13,15,17H,4-7,9-12H2. The quantitative estimate of drug-likeness (QED) is 0.892. The maximum atomic E-state index is 12.6. The van der Waals surface area contributed by atoms with Gasteiger partial charge in [0.1, 0.15) is 0 Å². The van der Waals surface area contributed by atoms with Crippen LogP contribution in [0.5, 0.6) is 0 Å². The van der Waals surface area contributed by atoms with E-state index in [-0.39, 0.29) is 0 Å². The summed E-state index contributed by atoms with van der Waals surface area (Å²) in [5.41, 5.74) is 0.998. The van der Waals surface area contributed by atoms with Gasteiger partial charge in [-0.15, -0.1) is 0 Å². The zero-order chi connectivity index (χ0) is 13.8. The highest BCUT2D eigenvalue weighted by Gasteiger charge is 2.33. The molecule has 1 N–H and O–H groups in total. The molecule has 20 heavy (non-hydrogen) atoms. The van der Waals surface area contributed by atoms with Gasteiger partial charge < -0.3 is 10.2 Å². The first-order chi connectivity index (χ1) is 9.83. The molecule has 0 unspecified atom stereocenters. The van der Waals surface area contributed by atoms with Crippen molar-refractivity contribution in [1.29, 1.82) is 0 Å². The summed E-state index contributed by atoms with van der Waals surface area (Å²) in [6, 6.07) is 6.38. The first-order valence-corrected chi connectivity index (χ1v) is 7.73. The van der Waals surface area contributed by atoms with Crippen molar-refractivity contribution in [3.63, 3.8) is 0 Å². The second-order valence-electron chi connectivity index (χ2n) is 5.97. The maximum absolute atomic E-state index is 12.6. The van der Waals surface area contributed by atoms with Gasteiger partial charge in [0.05, 0.1) is 12.2 Å². The maximum Gasteiger partial charge on any atom is 0.223 e. The number of hydrogen-bond acceptors (Lipinski definition) is 3. The molecule has 1 aliphatic carbocycles. The number of piperidine rings is 1. The van der Waals surface area contributed by atoms with E-state index in [9.17, 15) is 4.79 Å². The van der Waals surface area contributed by atoms with E-state index in [2.05, 4.69) is 15.2 Å². The summed E-state index contributed by atoms with van der Waals surface area (Å²) >= 11 is 0. The smallest absolute Gasteiger partial charge is 0.223 e. The number of pyridine rings is 1. The van der Waals surface area contributed by atoms with E-state index < -0.39 is 0 Å². The Labute approximate surface area is 120 Å². The highest BCUT2D eigenvalue weighted by molar-refractivity contribution is 5.77. The van der Waals surface area contributed by atoms with Crippen LogP contribution in [0.3, 0.4) is 0 Å². The Bertz CT molecular complexity index is 438. The lowest BCUT2D eigenvalue weighted by atomic mass is 9.94. The minimum absolute atomic E-state index is 0.324. The molecule has 1 saturated carbocycles. The molecule has 0 bridgehead atoms. The Hall–Kier alpha value is -1.42. The van der Waals surface area contributed by atoms with Crippen LogP contribution in [0, 0.1) is 5.92 Å². The number of carbonyl (C=O) groups excluding carboxylic acids is 1. The molecule has 3 rings (SSSR count). The lowest BCUT2D eigenvalue weighted by Crippen LogP contribution is -2.36. The number of nitrogens with zero attached hydrogens (tertiary/aromatic N) is 2. The Morgan fingerprint density at radius 2 is 2.05 bits per heavy atom. The second-order valence-corrected chi connectivity index (χ2v) is 5.97. The third-order valence-electron chi connectivity index (χ3n) is 4.29. The van der Waals surface area contributed by atoms with Gasteiger partial charge in [-0.1, -0.05) is 6.07 Å². The third kappa shape index (κ3) is 3.57. The van der Waals surface area contributed by atoms with Gasteiger partial charge in [0.2, 0.25) is 5.91 Å². The summed E-state index contributed by atoms with van der Waals surface area (Å²) in [6.07, 6.45) is 7.10. The van der Waals surface area contributed by atoms with Gasteiger partial charge in [0.15, 0.2) is 0 Å². The van der Waals surface area contributed by atoms with Crippen LogP contribution < -0.4 is 5.32 Å². The number of aromatic nitrogens is 1. The third-order valence-corrected chi connectivity index (χ3v) is 4.29. The lowest BCUT2D eigenvalue weighted by Gasteiger charge is -2.27. The number of nitrogens with one attached hydrogen (secondary N) is 1. The zero-order valence-electron chi connectivity index (χ0n) is 11.9. The van der Waals surface area contributed by atoms with Crippen molar-refractivity contribution in [2.24, 2.45) is 5.92 Å². The van der Waals surface area contributed by atoms with Crippen molar-refractivity contribution in [1.82, 2.24) is 15.2 Å². The van der Waals surface area contributed by atoms with Crippen molar-refractivity contribution in [3.8, 4) is 0 Å². The van der Waals surface area contributed by atoms with Gasteiger partial charge in [0, 0.05) is 18.7 Å². The van der Waals surface area contributed by atoms with E-state index in [0.29, 0.717) is 30.8 Å². The molecule has 0 radical (unpaired) electrons.